The van der Waals surface area contributed by atoms with Crippen LogP contribution < -0.4 is 10.3 Å². The number of aromatic nitrogens is 1. The second-order valence-electron chi connectivity index (χ2n) is 7.47. The highest BCUT2D eigenvalue weighted by molar-refractivity contribution is 5.78. The summed E-state index contributed by atoms with van der Waals surface area (Å²) in [4.78, 5) is 17.9. The van der Waals surface area contributed by atoms with Crippen LogP contribution >= 0.6 is 0 Å². The minimum Gasteiger partial charge on any atom is -0.496 e. The van der Waals surface area contributed by atoms with E-state index in [9.17, 15) is 4.79 Å². The van der Waals surface area contributed by atoms with Crippen LogP contribution in [0.1, 0.15) is 24.0 Å². The maximum atomic E-state index is 12.5. The van der Waals surface area contributed by atoms with E-state index in [0.29, 0.717) is 12.5 Å². The zero-order valence-corrected chi connectivity index (χ0v) is 15.8. The Morgan fingerprint density at radius 3 is 2.81 bits per heavy atom. The highest BCUT2D eigenvalue weighted by Crippen LogP contribution is 2.26. The maximum Gasteiger partial charge on any atom is 0.252 e. The monoisotopic (exact) mass is 362 g/mol. The molecule has 1 unspecified atom stereocenters. The lowest BCUT2D eigenvalue weighted by molar-refractivity contribution is 0.166. The van der Waals surface area contributed by atoms with Crippen LogP contribution in [0.4, 0.5) is 0 Å². The van der Waals surface area contributed by atoms with E-state index in [1.54, 1.807) is 7.11 Å². The number of para-hydroxylation sites is 2. The first-order valence-corrected chi connectivity index (χ1v) is 9.68. The van der Waals surface area contributed by atoms with Crippen molar-refractivity contribution >= 4 is 10.9 Å². The molecule has 2 heterocycles. The van der Waals surface area contributed by atoms with Crippen molar-refractivity contribution in [3.05, 3.63) is 76.1 Å². The molecule has 0 radical (unpaired) electrons. The number of aromatic amines is 1. The van der Waals surface area contributed by atoms with Gasteiger partial charge in [0.2, 0.25) is 0 Å². The summed E-state index contributed by atoms with van der Waals surface area (Å²) >= 11 is 0. The molecule has 3 aromatic rings. The molecule has 4 heteroatoms. The zero-order valence-electron chi connectivity index (χ0n) is 15.8. The minimum absolute atomic E-state index is 0.0283. The number of pyridine rings is 1. The van der Waals surface area contributed by atoms with Gasteiger partial charge in [0, 0.05) is 24.2 Å². The van der Waals surface area contributed by atoms with Crippen LogP contribution in [0.25, 0.3) is 10.9 Å². The average Bonchev–Trinajstić information content (AvgIpc) is 2.69. The molecule has 1 saturated heterocycles. The van der Waals surface area contributed by atoms with Gasteiger partial charge in [0.05, 0.1) is 7.11 Å². The molecule has 0 aliphatic carbocycles. The zero-order chi connectivity index (χ0) is 18.6. The summed E-state index contributed by atoms with van der Waals surface area (Å²) in [6.07, 6.45) is 3.42. The van der Waals surface area contributed by atoms with Crippen LogP contribution in [0.15, 0.2) is 59.4 Å². The number of piperidine rings is 1. The fraction of sp³-hybridized carbons (Fsp3) is 0.348. The van der Waals surface area contributed by atoms with Crippen molar-refractivity contribution in [2.75, 3.05) is 20.2 Å². The summed E-state index contributed by atoms with van der Waals surface area (Å²) in [7, 11) is 1.73. The third-order valence-corrected chi connectivity index (χ3v) is 5.53. The SMILES string of the molecule is COc1ccccc1CC1CCCN(Cc2cc3ccccc3[nH]c2=O)C1. The predicted octanol–water partition coefficient (Wildman–Crippen LogP) is 3.99. The quantitative estimate of drug-likeness (QED) is 0.746. The number of nitrogens with zero attached hydrogens (tertiary/aromatic N) is 1. The van der Waals surface area contributed by atoms with Crippen LogP contribution in [-0.4, -0.2) is 30.1 Å². The van der Waals surface area contributed by atoms with Gasteiger partial charge < -0.3 is 9.72 Å². The Balaban J connectivity index is 1.47. The number of hydrogen-bond acceptors (Lipinski definition) is 3. The molecule has 2 aromatic carbocycles. The van der Waals surface area contributed by atoms with Crippen LogP contribution in [0.5, 0.6) is 5.75 Å². The van der Waals surface area contributed by atoms with E-state index in [1.165, 1.54) is 18.4 Å². The molecule has 0 bridgehead atoms. The normalized spacial score (nSPS) is 17.9. The van der Waals surface area contributed by atoms with Crippen molar-refractivity contribution in [3.8, 4) is 5.75 Å². The number of benzene rings is 2. The fourth-order valence-corrected chi connectivity index (χ4v) is 4.20. The Kier molecular flexibility index (Phi) is 5.26. The first-order chi connectivity index (χ1) is 13.2. The van der Waals surface area contributed by atoms with E-state index in [-0.39, 0.29) is 5.56 Å². The lowest BCUT2D eigenvalue weighted by Crippen LogP contribution is -2.37. The summed E-state index contributed by atoms with van der Waals surface area (Å²) in [5, 5.41) is 1.09. The molecule has 0 spiro atoms. The Labute approximate surface area is 159 Å². The van der Waals surface area contributed by atoms with Crippen LogP contribution in [-0.2, 0) is 13.0 Å². The van der Waals surface area contributed by atoms with Crippen LogP contribution in [0, 0.1) is 5.92 Å². The smallest absolute Gasteiger partial charge is 0.252 e. The summed E-state index contributed by atoms with van der Waals surface area (Å²) in [5.41, 5.74) is 3.06. The molecule has 1 aliphatic heterocycles. The molecule has 4 nitrogen and oxygen atoms in total. The third kappa shape index (κ3) is 4.06. The molecule has 1 aliphatic rings. The molecule has 0 amide bonds. The largest absolute Gasteiger partial charge is 0.496 e. The van der Waals surface area contributed by atoms with E-state index in [4.69, 9.17) is 4.74 Å². The molecular formula is C23H26N2O2. The highest BCUT2D eigenvalue weighted by Gasteiger charge is 2.22. The van der Waals surface area contributed by atoms with E-state index in [1.807, 2.05) is 36.4 Å². The average molecular weight is 362 g/mol. The number of rotatable bonds is 5. The summed E-state index contributed by atoms with van der Waals surface area (Å²) in [5.74, 6) is 1.56. The number of methoxy groups -OCH3 is 1. The van der Waals surface area contributed by atoms with Gasteiger partial charge in [-0.05, 0) is 60.9 Å². The number of hydrogen-bond donors (Lipinski definition) is 1. The molecule has 140 valence electrons. The minimum atomic E-state index is 0.0283. The van der Waals surface area contributed by atoms with Crippen molar-refractivity contribution in [1.82, 2.24) is 9.88 Å². The first kappa shape index (κ1) is 17.8. The predicted molar refractivity (Wildman–Crippen MR) is 109 cm³/mol. The second kappa shape index (κ2) is 7.97. The van der Waals surface area contributed by atoms with Crippen molar-refractivity contribution in [1.29, 1.82) is 0 Å². The first-order valence-electron chi connectivity index (χ1n) is 9.68. The maximum absolute atomic E-state index is 12.5. The van der Waals surface area contributed by atoms with Gasteiger partial charge in [-0.3, -0.25) is 9.69 Å². The highest BCUT2D eigenvalue weighted by atomic mass is 16.5. The standard InChI is InChI=1S/C23H26N2O2/c1-27-22-11-5-3-9-19(22)13-17-7-6-12-25(15-17)16-20-14-18-8-2-4-10-21(18)24-23(20)26/h2-5,8-11,14,17H,6-7,12-13,15-16H2,1H3,(H,24,26). The second-order valence-corrected chi connectivity index (χ2v) is 7.47. The number of H-pyrrole nitrogens is 1. The van der Waals surface area contributed by atoms with Gasteiger partial charge in [0.15, 0.2) is 0 Å². The van der Waals surface area contributed by atoms with Crippen molar-refractivity contribution in [2.24, 2.45) is 5.92 Å². The lowest BCUT2D eigenvalue weighted by atomic mass is 9.90. The number of nitrogens with one attached hydrogen (secondary N) is 1. The van der Waals surface area contributed by atoms with Gasteiger partial charge in [-0.25, -0.2) is 0 Å². The van der Waals surface area contributed by atoms with Crippen LogP contribution in [0.3, 0.4) is 0 Å². The molecule has 0 saturated carbocycles. The topological polar surface area (TPSA) is 45.3 Å². The van der Waals surface area contributed by atoms with Gasteiger partial charge in [-0.2, -0.15) is 0 Å². The molecule has 1 N–H and O–H groups in total. The Hall–Kier alpha value is -2.59. The van der Waals surface area contributed by atoms with Gasteiger partial charge >= 0.3 is 0 Å². The summed E-state index contributed by atoms with van der Waals surface area (Å²) in [6, 6.07) is 18.3. The third-order valence-electron chi connectivity index (χ3n) is 5.53. The van der Waals surface area contributed by atoms with Gasteiger partial charge in [0.1, 0.15) is 5.75 Å². The number of fused-ring (bicyclic) bond motifs is 1. The van der Waals surface area contributed by atoms with Gasteiger partial charge in [0.25, 0.3) is 5.56 Å². The van der Waals surface area contributed by atoms with E-state index >= 15 is 0 Å². The van der Waals surface area contributed by atoms with Gasteiger partial charge in [-0.1, -0.05) is 36.4 Å². The van der Waals surface area contributed by atoms with Crippen molar-refractivity contribution < 1.29 is 4.74 Å². The molecule has 1 atom stereocenters. The molecule has 4 rings (SSSR count). The number of likely N-dealkylation sites (tertiary alicyclic amines) is 1. The summed E-state index contributed by atoms with van der Waals surface area (Å²) < 4.78 is 5.51. The lowest BCUT2D eigenvalue weighted by Gasteiger charge is -2.33. The van der Waals surface area contributed by atoms with Crippen molar-refractivity contribution in [2.45, 2.75) is 25.8 Å². The Morgan fingerprint density at radius 2 is 1.93 bits per heavy atom. The Bertz CT molecular complexity index is 979. The molecular weight excluding hydrogens is 336 g/mol. The van der Waals surface area contributed by atoms with E-state index in [0.717, 1.165) is 41.7 Å². The fourth-order valence-electron chi connectivity index (χ4n) is 4.20. The molecule has 1 fully saturated rings. The molecule has 1 aromatic heterocycles. The van der Waals surface area contributed by atoms with E-state index < -0.39 is 0 Å². The summed E-state index contributed by atoms with van der Waals surface area (Å²) in [6.45, 7) is 2.78. The molecule has 27 heavy (non-hydrogen) atoms. The van der Waals surface area contributed by atoms with Crippen LogP contribution in [0.2, 0.25) is 0 Å². The number of ether oxygens (including phenoxy) is 1. The van der Waals surface area contributed by atoms with Crippen molar-refractivity contribution in [3.63, 3.8) is 0 Å². The van der Waals surface area contributed by atoms with E-state index in [2.05, 4.69) is 28.1 Å². The Morgan fingerprint density at radius 1 is 1.11 bits per heavy atom. The van der Waals surface area contributed by atoms with Gasteiger partial charge in [-0.15, -0.1) is 0 Å².